The van der Waals surface area contributed by atoms with Gasteiger partial charge in [-0.25, -0.2) is 4.39 Å². The molecule has 212 valence electrons. The van der Waals surface area contributed by atoms with E-state index < -0.39 is 5.82 Å². The fourth-order valence-corrected chi connectivity index (χ4v) is 7.12. The van der Waals surface area contributed by atoms with E-state index in [2.05, 4.69) is 33.2 Å². The number of rotatable bonds is 4. The summed E-state index contributed by atoms with van der Waals surface area (Å²) in [4.78, 5) is 18.8. The topological polar surface area (TPSA) is 66.4 Å². The molecular formula is C33H30ClFN6O. The number of aromatic nitrogens is 3. The molecule has 42 heavy (non-hydrogen) atoms. The molecule has 0 aliphatic carbocycles. The molecule has 3 aromatic carbocycles. The number of likely N-dealkylation sites (N-methyl/N-ethyl adjacent to an activating group) is 1. The van der Waals surface area contributed by atoms with Crippen LogP contribution in [0.1, 0.15) is 24.0 Å². The minimum absolute atomic E-state index is 0.136. The first-order chi connectivity index (χ1) is 20.5. The molecule has 2 unspecified atom stereocenters. The number of pyridine rings is 1. The van der Waals surface area contributed by atoms with Crippen LogP contribution in [0.2, 0.25) is 5.02 Å². The van der Waals surface area contributed by atoms with Gasteiger partial charge >= 0.3 is 6.01 Å². The first kappa shape index (κ1) is 25.8. The average Bonchev–Trinajstić information content (AvgIpc) is 3.34. The zero-order chi connectivity index (χ0) is 28.4. The molecule has 3 aliphatic heterocycles. The van der Waals surface area contributed by atoms with Gasteiger partial charge in [0.25, 0.3) is 0 Å². The summed E-state index contributed by atoms with van der Waals surface area (Å²) in [6.07, 6.45) is 4.89. The Bertz CT molecular complexity index is 1850. The highest BCUT2D eigenvalue weighted by molar-refractivity contribution is 6.36. The Hall–Kier alpha value is -3.85. The van der Waals surface area contributed by atoms with Gasteiger partial charge in [0.2, 0.25) is 0 Å². The summed E-state index contributed by atoms with van der Waals surface area (Å²) in [6.45, 7) is 3.35. The second kappa shape index (κ2) is 10.2. The first-order valence-electron chi connectivity index (χ1n) is 14.5. The Balaban J connectivity index is 1.30. The Labute approximate surface area is 248 Å². The minimum Gasteiger partial charge on any atom is -0.424 e. The van der Waals surface area contributed by atoms with E-state index in [1.54, 1.807) is 6.20 Å². The lowest BCUT2D eigenvalue weighted by Crippen LogP contribution is -2.51. The molecule has 1 N–H and O–H groups in total. The highest BCUT2D eigenvalue weighted by Crippen LogP contribution is 2.39. The predicted molar refractivity (Wildman–Crippen MR) is 164 cm³/mol. The van der Waals surface area contributed by atoms with Gasteiger partial charge in [-0.2, -0.15) is 9.97 Å². The van der Waals surface area contributed by atoms with Gasteiger partial charge in [0.05, 0.1) is 5.39 Å². The Kier molecular flexibility index (Phi) is 6.24. The Morgan fingerprint density at radius 3 is 2.62 bits per heavy atom. The van der Waals surface area contributed by atoms with Crippen molar-refractivity contribution in [2.45, 2.75) is 37.9 Å². The van der Waals surface area contributed by atoms with Crippen LogP contribution in [-0.2, 0) is 13.0 Å². The van der Waals surface area contributed by atoms with Crippen LogP contribution < -0.4 is 15.0 Å². The molecule has 9 heteroatoms. The van der Waals surface area contributed by atoms with Crippen molar-refractivity contribution in [3.63, 3.8) is 0 Å². The highest BCUT2D eigenvalue weighted by atomic mass is 35.5. The molecule has 5 heterocycles. The van der Waals surface area contributed by atoms with Crippen LogP contribution in [0.4, 0.5) is 10.2 Å². The minimum atomic E-state index is -0.513. The number of nitrogens with zero attached hydrogens (tertiary/aromatic N) is 5. The van der Waals surface area contributed by atoms with Crippen LogP contribution >= 0.6 is 11.6 Å². The molecule has 2 fully saturated rings. The Morgan fingerprint density at radius 1 is 1.00 bits per heavy atom. The van der Waals surface area contributed by atoms with Crippen LogP contribution in [-0.4, -0.2) is 58.6 Å². The lowest BCUT2D eigenvalue weighted by Gasteiger charge is -2.34. The van der Waals surface area contributed by atoms with Gasteiger partial charge in [-0.3, -0.25) is 4.98 Å². The van der Waals surface area contributed by atoms with Crippen molar-refractivity contribution in [2.24, 2.45) is 0 Å². The zero-order valence-corrected chi connectivity index (χ0v) is 24.0. The maximum atomic E-state index is 16.7. The number of piperazine rings is 1. The van der Waals surface area contributed by atoms with Crippen molar-refractivity contribution in [3.8, 4) is 23.0 Å². The normalized spacial score (nSPS) is 20.3. The van der Waals surface area contributed by atoms with Gasteiger partial charge in [0.15, 0.2) is 5.82 Å². The monoisotopic (exact) mass is 580 g/mol. The second-order valence-corrected chi connectivity index (χ2v) is 12.1. The first-order valence-corrected chi connectivity index (χ1v) is 14.9. The zero-order valence-electron chi connectivity index (χ0n) is 23.3. The molecule has 3 aliphatic rings. The maximum absolute atomic E-state index is 16.7. The van der Waals surface area contributed by atoms with Gasteiger partial charge < -0.3 is 19.9 Å². The summed E-state index contributed by atoms with van der Waals surface area (Å²) in [5.41, 5.74) is 3.40. The van der Waals surface area contributed by atoms with Crippen LogP contribution in [0.3, 0.4) is 0 Å². The van der Waals surface area contributed by atoms with E-state index in [-0.39, 0.29) is 17.2 Å². The van der Waals surface area contributed by atoms with Crippen molar-refractivity contribution in [2.75, 3.05) is 31.6 Å². The van der Waals surface area contributed by atoms with Gasteiger partial charge in [0.1, 0.15) is 22.8 Å². The summed E-state index contributed by atoms with van der Waals surface area (Å²) in [6, 6.07) is 18.4. The molecule has 2 aromatic heterocycles. The van der Waals surface area contributed by atoms with Crippen molar-refractivity contribution in [3.05, 3.63) is 82.8 Å². The van der Waals surface area contributed by atoms with E-state index in [1.807, 2.05) is 48.5 Å². The third-order valence-electron chi connectivity index (χ3n) is 8.89. The lowest BCUT2D eigenvalue weighted by molar-refractivity contribution is 0.304. The van der Waals surface area contributed by atoms with Gasteiger partial charge in [-0.15, -0.1) is 0 Å². The van der Waals surface area contributed by atoms with Crippen LogP contribution in [0.25, 0.3) is 32.9 Å². The average molecular weight is 581 g/mol. The van der Waals surface area contributed by atoms with Gasteiger partial charge in [-0.1, -0.05) is 54.1 Å². The van der Waals surface area contributed by atoms with E-state index in [9.17, 15) is 0 Å². The third kappa shape index (κ3) is 4.37. The van der Waals surface area contributed by atoms with Crippen LogP contribution in [0.15, 0.2) is 60.8 Å². The number of fused-ring (bicyclic) bond motifs is 5. The molecule has 0 spiro atoms. The largest absolute Gasteiger partial charge is 0.424 e. The standard InChI is InChI=1S/C33H30ClFN6O/c1-40-14-13-19-5-4-10-27(25(19)18-40)42-33-38-31-24(32(39-33)41-16-21-11-12-22(17-41)37-21)15-36-30(29(31)35)23-8-2-6-20-7-3-9-26(34)28(20)23/h2-10,15,21-22,37H,11-14,16-18H2,1H3. The number of nitrogens with one attached hydrogen (secondary N) is 1. The molecule has 2 bridgehead atoms. The van der Waals surface area contributed by atoms with E-state index >= 15 is 4.39 Å². The maximum Gasteiger partial charge on any atom is 0.324 e. The van der Waals surface area contributed by atoms with Crippen molar-refractivity contribution >= 4 is 39.1 Å². The predicted octanol–water partition coefficient (Wildman–Crippen LogP) is 6.36. The smallest absolute Gasteiger partial charge is 0.324 e. The summed E-state index contributed by atoms with van der Waals surface area (Å²) in [7, 11) is 2.10. The summed E-state index contributed by atoms with van der Waals surface area (Å²) in [5, 5.41) is 6.48. The molecule has 5 aromatic rings. The number of hydrogen-bond donors (Lipinski definition) is 1. The SMILES string of the molecule is CN1CCc2cccc(Oc3nc(N4CC5CCC(C4)N5)c4cnc(-c5cccc6cccc(Cl)c56)c(F)c4n3)c2C1. The molecular weight excluding hydrogens is 551 g/mol. The van der Waals surface area contributed by atoms with E-state index in [0.717, 1.165) is 61.8 Å². The fourth-order valence-electron chi connectivity index (χ4n) is 6.84. The number of anilines is 1. The molecule has 0 radical (unpaired) electrons. The summed E-state index contributed by atoms with van der Waals surface area (Å²) < 4.78 is 23.1. The molecule has 0 amide bonds. The number of hydrogen-bond acceptors (Lipinski definition) is 7. The van der Waals surface area contributed by atoms with E-state index in [4.69, 9.17) is 26.3 Å². The van der Waals surface area contributed by atoms with Crippen LogP contribution in [0.5, 0.6) is 11.8 Å². The van der Waals surface area contributed by atoms with E-state index in [1.165, 1.54) is 5.56 Å². The van der Waals surface area contributed by atoms with Crippen molar-refractivity contribution in [1.29, 1.82) is 0 Å². The fraction of sp³-hybridized carbons (Fsp3) is 0.303. The second-order valence-electron chi connectivity index (χ2n) is 11.7. The molecule has 7 nitrogen and oxygen atoms in total. The summed E-state index contributed by atoms with van der Waals surface area (Å²) in [5.74, 6) is 0.853. The number of benzene rings is 3. The quantitative estimate of drug-likeness (QED) is 0.265. The summed E-state index contributed by atoms with van der Waals surface area (Å²) >= 11 is 6.61. The van der Waals surface area contributed by atoms with Gasteiger partial charge in [-0.05, 0) is 49.4 Å². The van der Waals surface area contributed by atoms with Crippen molar-refractivity contribution < 1.29 is 9.13 Å². The number of halogens is 2. The molecule has 8 rings (SSSR count). The highest BCUT2D eigenvalue weighted by Gasteiger charge is 2.34. The number of ether oxygens (including phenoxy) is 1. The lowest BCUT2D eigenvalue weighted by atomic mass is 9.99. The molecule has 2 saturated heterocycles. The molecule has 2 atom stereocenters. The Morgan fingerprint density at radius 2 is 1.79 bits per heavy atom. The third-order valence-corrected chi connectivity index (χ3v) is 9.21. The van der Waals surface area contributed by atoms with E-state index in [0.29, 0.717) is 39.6 Å². The molecule has 0 saturated carbocycles. The van der Waals surface area contributed by atoms with Crippen molar-refractivity contribution in [1.82, 2.24) is 25.2 Å². The van der Waals surface area contributed by atoms with Crippen LogP contribution in [0, 0.1) is 5.82 Å². The van der Waals surface area contributed by atoms with Gasteiger partial charge in [0, 0.05) is 66.0 Å².